The van der Waals surface area contributed by atoms with E-state index in [1.54, 1.807) is 58.0 Å². The third-order valence-electron chi connectivity index (χ3n) is 9.60. The number of amides is 2. The van der Waals surface area contributed by atoms with Crippen LogP contribution in [0.3, 0.4) is 0 Å². The van der Waals surface area contributed by atoms with Crippen molar-refractivity contribution in [1.29, 1.82) is 0 Å². The number of unbranched alkanes of at least 4 members (excludes halogenated alkanes) is 4. The molecule has 2 atom stereocenters. The molecule has 0 spiro atoms. The summed E-state index contributed by atoms with van der Waals surface area (Å²) in [6.45, 7) is 12.6. The SMILES string of the molecule is CCCCCc1ccc(OC(CC)C(=O)Nc2ccc(Cl)c(NC(=O)C(C(=O)C(C)(C)C)n3c(=O)n(Cc4ccccc4)n(OCC)c3=O)c2)c(CCCCC)c1. The molecule has 13 heteroatoms. The quantitative estimate of drug-likeness (QED) is 0.0642. The number of carbonyl (C=O) groups is 3. The molecule has 2 N–H and O–H groups in total. The summed E-state index contributed by atoms with van der Waals surface area (Å²) in [5.74, 6) is -1.37. The number of nitrogens with one attached hydrogen (secondary N) is 2. The van der Waals surface area contributed by atoms with Gasteiger partial charge in [-0.25, -0.2) is 14.2 Å². The van der Waals surface area contributed by atoms with Crippen molar-refractivity contribution in [2.75, 3.05) is 17.2 Å². The van der Waals surface area contributed by atoms with E-state index in [4.69, 9.17) is 21.2 Å². The lowest BCUT2D eigenvalue weighted by Crippen LogP contribution is -2.46. The molecule has 12 nitrogen and oxygen atoms in total. The van der Waals surface area contributed by atoms with Crippen LogP contribution in [-0.2, 0) is 33.8 Å². The minimum absolute atomic E-state index is 0.0335. The minimum Gasteiger partial charge on any atom is -0.480 e. The molecule has 4 aromatic rings. The van der Waals surface area contributed by atoms with Crippen molar-refractivity contribution in [2.24, 2.45) is 5.41 Å². The Bertz CT molecular complexity index is 2100. The Morgan fingerprint density at radius 3 is 2.09 bits per heavy atom. The second-order valence-corrected chi connectivity index (χ2v) is 15.6. The zero-order valence-corrected chi connectivity index (χ0v) is 35.1. The molecule has 57 heavy (non-hydrogen) atoms. The highest BCUT2D eigenvalue weighted by atomic mass is 35.5. The molecule has 2 amide bonds. The molecular weight excluding hydrogens is 746 g/mol. The van der Waals surface area contributed by atoms with Crippen LogP contribution in [0.4, 0.5) is 11.4 Å². The summed E-state index contributed by atoms with van der Waals surface area (Å²) < 4.78 is 8.02. The molecule has 0 radical (unpaired) electrons. The number of nitrogens with zero attached hydrogens (tertiary/aromatic N) is 3. The van der Waals surface area contributed by atoms with Crippen LogP contribution in [0.25, 0.3) is 0 Å². The van der Waals surface area contributed by atoms with E-state index in [-0.39, 0.29) is 23.9 Å². The van der Waals surface area contributed by atoms with Crippen molar-refractivity contribution >= 4 is 40.6 Å². The molecule has 0 saturated carbocycles. The van der Waals surface area contributed by atoms with Gasteiger partial charge in [0.1, 0.15) is 12.4 Å². The second kappa shape index (κ2) is 20.9. The van der Waals surface area contributed by atoms with Gasteiger partial charge in [-0.1, -0.05) is 126 Å². The summed E-state index contributed by atoms with van der Waals surface area (Å²) in [6, 6.07) is 17.8. The Hall–Kier alpha value is -5.10. The second-order valence-electron chi connectivity index (χ2n) is 15.2. The molecule has 308 valence electrons. The van der Waals surface area contributed by atoms with Crippen LogP contribution in [0.15, 0.2) is 76.3 Å². The lowest BCUT2D eigenvalue weighted by Gasteiger charge is -2.24. The van der Waals surface area contributed by atoms with E-state index in [0.717, 1.165) is 60.0 Å². The van der Waals surface area contributed by atoms with Crippen LogP contribution in [0.1, 0.15) is 116 Å². The molecule has 2 unspecified atom stereocenters. The van der Waals surface area contributed by atoms with Gasteiger partial charge in [0.2, 0.25) is 0 Å². The molecule has 3 aromatic carbocycles. The van der Waals surface area contributed by atoms with Gasteiger partial charge in [0.05, 0.1) is 17.3 Å². The summed E-state index contributed by atoms with van der Waals surface area (Å²) in [4.78, 5) is 75.8. The zero-order valence-electron chi connectivity index (χ0n) is 34.4. The van der Waals surface area contributed by atoms with Crippen molar-refractivity contribution in [1.82, 2.24) is 14.1 Å². The fourth-order valence-electron chi connectivity index (χ4n) is 6.44. The van der Waals surface area contributed by atoms with Gasteiger partial charge in [0.15, 0.2) is 17.9 Å². The third-order valence-corrected chi connectivity index (χ3v) is 9.93. The maximum absolute atomic E-state index is 14.2. The van der Waals surface area contributed by atoms with Gasteiger partial charge in [-0.2, -0.15) is 4.68 Å². The predicted octanol–water partition coefficient (Wildman–Crippen LogP) is 8.02. The molecule has 0 saturated heterocycles. The molecule has 0 aliphatic carbocycles. The largest absolute Gasteiger partial charge is 0.480 e. The van der Waals surface area contributed by atoms with Crippen LogP contribution in [0, 0.1) is 5.41 Å². The standard InChI is InChI=1S/C44H58ClN5O7/c1-8-12-15-19-30-23-26-37(32(27-30)22-16-13-9-2)57-36(10-3)40(52)46-33-24-25-34(45)35(28-33)47-41(53)38(39(51)44(5,6)7)49-42(54)48(50(43(49)55)56-11-4)29-31-20-17-14-18-21-31/h14,17-18,20-21,23-28,36,38H,8-13,15-16,19,22,29H2,1-7H3,(H,46,52)(H,47,53). The first-order chi connectivity index (χ1) is 27.2. The van der Waals surface area contributed by atoms with E-state index in [0.29, 0.717) is 28.0 Å². The highest BCUT2D eigenvalue weighted by molar-refractivity contribution is 6.34. The fourth-order valence-corrected chi connectivity index (χ4v) is 6.61. The number of hydrogen-bond acceptors (Lipinski definition) is 7. The van der Waals surface area contributed by atoms with Crippen molar-refractivity contribution in [3.05, 3.63) is 109 Å². The number of aromatic nitrogens is 3. The number of aryl methyl sites for hydroxylation is 2. The Labute approximate surface area is 340 Å². The number of halogens is 1. The maximum atomic E-state index is 14.2. The molecular formula is C44H58ClN5O7. The summed E-state index contributed by atoms with van der Waals surface area (Å²) in [5, 5.41) is 5.62. The molecule has 0 aliphatic rings. The monoisotopic (exact) mass is 803 g/mol. The lowest BCUT2D eigenvalue weighted by molar-refractivity contribution is -0.135. The van der Waals surface area contributed by atoms with Gasteiger partial charge >= 0.3 is 11.4 Å². The van der Waals surface area contributed by atoms with Gasteiger partial charge in [0, 0.05) is 11.1 Å². The van der Waals surface area contributed by atoms with Crippen LogP contribution in [0.5, 0.6) is 5.75 Å². The number of ketones is 1. The molecule has 1 aromatic heterocycles. The van der Waals surface area contributed by atoms with E-state index < -0.39 is 46.5 Å². The normalized spacial score (nSPS) is 12.5. The number of rotatable bonds is 21. The number of hydrogen-bond donors (Lipinski definition) is 2. The first kappa shape index (κ1) is 44.6. The lowest BCUT2D eigenvalue weighted by atomic mass is 9.86. The average molecular weight is 804 g/mol. The van der Waals surface area contributed by atoms with E-state index >= 15 is 0 Å². The summed E-state index contributed by atoms with van der Waals surface area (Å²) in [5.41, 5.74) is 0.349. The van der Waals surface area contributed by atoms with Crippen molar-refractivity contribution in [2.45, 2.75) is 125 Å². The number of carbonyl (C=O) groups excluding carboxylic acids is 3. The summed E-state index contributed by atoms with van der Waals surface area (Å²) in [6.07, 6.45) is 8.08. The average Bonchev–Trinajstić information content (AvgIpc) is 3.39. The van der Waals surface area contributed by atoms with Gasteiger partial charge in [0.25, 0.3) is 11.8 Å². The van der Waals surface area contributed by atoms with Gasteiger partial charge in [-0.3, -0.25) is 14.4 Å². The summed E-state index contributed by atoms with van der Waals surface area (Å²) in [7, 11) is 0. The summed E-state index contributed by atoms with van der Waals surface area (Å²) >= 11 is 6.54. The Morgan fingerprint density at radius 2 is 1.46 bits per heavy atom. The van der Waals surface area contributed by atoms with E-state index in [1.807, 2.05) is 19.1 Å². The number of anilines is 2. The Kier molecular flexibility index (Phi) is 16.3. The molecule has 0 aliphatic heterocycles. The van der Waals surface area contributed by atoms with E-state index in [1.165, 1.54) is 24.1 Å². The molecule has 1 heterocycles. The fraction of sp³-hybridized carbons (Fsp3) is 0.477. The zero-order chi connectivity index (χ0) is 41.7. The van der Waals surface area contributed by atoms with Crippen molar-refractivity contribution < 1.29 is 24.0 Å². The van der Waals surface area contributed by atoms with Gasteiger partial charge in [-0.15, -0.1) is 0 Å². The van der Waals surface area contributed by atoms with Crippen LogP contribution in [-0.4, -0.2) is 44.4 Å². The van der Waals surface area contributed by atoms with Gasteiger partial charge < -0.3 is 20.2 Å². The smallest absolute Gasteiger partial charge is 0.382 e. The van der Waals surface area contributed by atoms with Crippen LogP contribution >= 0.6 is 11.6 Å². The van der Waals surface area contributed by atoms with Crippen LogP contribution < -0.4 is 31.6 Å². The third kappa shape index (κ3) is 11.7. The molecule has 0 fully saturated rings. The minimum atomic E-state index is -1.88. The number of benzene rings is 3. The first-order valence-electron chi connectivity index (χ1n) is 20.1. The van der Waals surface area contributed by atoms with E-state index in [9.17, 15) is 24.0 Å². The predicted molar refractivity (Wildman–Crippen MR) is 225 cm³/mol. The van der Waals surface area contributed by atoms with E-state index in [2.05, 4.69) is 36.6 Å². The Balaban J connectivity index is 1.61. The van der Waals surface area contributed by atoms with Crippen molar-refractivity contribution in [3.63, 3.8) is 0 Å². The van der Waals surface area contributed by atoms with Crippen molar-refractivity contribution in [3.8, 4) is 5.75 Å². The first-order valence-corrected chi connectivity index (χ1v) is 20.5. The highest BCUT2D eigenvalue weighted by Gasteiger charge is 2.40. The molecule has 4 rings (SSSR count). The topological polar surface area (TPSA) is 143 Å². The highest BCUT2D eigenvalue weighted by Crippen LogP contribution is 2.30. The van der Waals surface area contributed by atoms with Gasteiger partial charge in [-0.05, 0) is 80.0 Å². The maximum Gasteiger partial charge on any atom is 0.382 e. The number of ether oxygens (including phenoxy) is 1. The Morgan fingerprint density at radius 1 is 0.772 bits per heavy atom. The number of Topliss-reactive ketones (excluding diaryl/α,β-unsaturated/α-hetero) is 1. The van der Waals surface area contributed by atoms with Crippen LogP contribution in [0.2, 0.25) is 5.02 Å². The molecule has 0 bridgehead atoms.